The summed E-state index contributed by atoms with van der Waals surface area (Å²) in [5.41, 5.74) is 10.9. The summed E-state index contributed by atoms with van der Waals surface area (Å²) in [7, 11) is 0. The second-order valence-corrected chi connectivity index (χ2v) is 3.45. The van der Waals surface area contributed by atoms with Gasteiger partial charge in [-0.05, 0) is 6.42 Å². The largest absolute Gasteiger partial charge is 0.383 e. The molecule has 1 unspecified atom stereocenters. The molecule has 0 spiro atoms. The molecular formula is C9H12N4O2. The average molecular weight is 208 g/mol. The van der Waals surface area contributed by atoms with Gasteiger partial charge in [0, 0.05) is 18.7 Å². The average Bonchev–Trinajstić information content (AvgIpc) is 2.69. The quantitative estimate of drug-likeness (QED) is 0.692. The number of anilines is 1. The van der Waals surface area contributed by atoms with E-state index in [0.29, 0.717) is 19.0 Å². The van der Waals surface area contributed by atoms with E-state index in [-0.39, 0.29) is 17.3 Å². The highest BCUT2D eigenvalue weighted by Gasteiger charge is 2.21. The molecule has 0 bridgehead atoms. The zero-order valence-electron chi connectivity index (χ0n) is 8.14. The molecule has 15 heavy (non-hydrogen) atoms. The van der Waals surface area contributed by atoms with Crippen molar-refractivity contribution in [3.05, 3.63) is 17.6 Å². The summed E-state index contributed by atoms with van der Waals surface area (Å²) < 4.78 is 5.22. The second kappa shape index (κ2) is 3.82. The molecule has 0 saturated carbocycles. The predicted octanol–water partition coefficient (Wildman–Crippen LogP) is -0.338. The second-order valence-electron chi connectivity index (χ2n) is 3.45. The first-order chi connectivity index (χ1) is 7.18. The van der Waals surface area contributed by atoms with Crippen LogP contribution in [0.1, 0.15) is 28.5 Å². The monoisotopic (exact) mass is 208 g/mol. The Bertz CT molecular complexity index is 388. The standard InChI is InChI=1S/C9H12N4O2/c10-7-6(8(11)14)3-12-9(13-7)5-1-2-15-4-5/h3,5H,1-2,4H2,(H2,11,14)(H2,10,12,13). The Morgan fingerprint density at radius 2 is 2.40 bits per heavy atom. The van der Waals surface area contributed by atoms with Crippen LogP contribution >= 0.6 is 0 Å². The van der Waals surface area contributed by atoms with E-state index in [4.69, 9.17) is 16.2 Å². The van der Waals surface area contributed by atoms with Gasteiger partial charge in [0.05, 0.1) is 12.2 Å². The predicted molar refractivity (Wildman–Crippen MR) is 53.1 cm³/mol. The normalized spacial score (nSPS) is 20.4. The van der Waals surface area contributed by atoms with Gasteiger partial charge in [-0.25, -0.2) is 9.97 Å². The minimum Gasteiger partial charge on any atom is -0.383 e. The zero-order valence-corrected chi connectivity index (χ0v) is 8.14. The van der Waals surface area contributed by atoms with Gasteiger partial charge in [-0.3, -0.25) is 4.79 Å². The van der Waals surface area contributed by atoms with Gasteiger partial charge in [0.25, 0.3) is 5.91 Å². The summed E-state index contributed by atoms with van der Waals surface area (Å²) in [5, 5.41) is 0. The van der Waals surface area contributed by atoms with Crippen LogP contribution in [0, 0.1) is 0 Å². The maximum Gasteiger partial charge on any atom is 0.254 e. The highest BCUT2D eigenvalue weighted by molar-refractivity contribution is 5.96. The fraction of sp³-hybridized carbons (Fsp3) is 0.444. The highest BCUT2D eigenvalue weighted by atomic mass is 16.5. The summed E-state index contributed by atoms with van der Waals surface area (Å²) in [5.74, 6) is 0.324. The molecule has 0 aromatic carbocycles. The van der Waals surface area contributed by atoms with Crippen molar-refractivity contribution >= 4 is 11.7 Å². The van der Waals surface area contributed by atoms with Crippen LogP contribution in [0.5, 0.6) is 0 Å². The Morgan fingerprint density at radius 3 is 2.93 bits per heavy atom. The minimum atomic E-state index is -0.610. The number of rotatable bonds is 2. The molecule has 0 aliphatic carbocycles. The molecule has 1 atom stereocenters. The van der Waals surface area contributed by atoms with E-state index in [0.717, 1.165) is 6.42 Å². The fourth-order valence-corrected chi connectivity index (χ4v) is 1.53. The number of carbonyl (C=O) groups is 1. The van der Waals surface area contributed by atoms with Gasteiger partial charge in [0.1, 0.15) is 11.6 Å². The summed E-state index contributed by atoms with van der Waals surface area (Å²) in [6.45, 7) is 1.32. The van der Waals surface area contributed by atoms with Crippen LogP contribution in [0.15, 0.2) is 6.20 Å². The molecule has 1 aromatic heterocycles. The molecule has 0 radical (unpaired) electrons. The Morgan fingerprint density at radius 1 is 1.60 bits per heavy atom. The highest BCUT2D eigenvalue weighted by Crippen LogP contribution is 2.22. The summed E-state index contributed by atoms with van der Waals surface area (Å²) >= 11 is 0. The lowest BCUT2D eigenvalue weighted by atomic mass is 10.1. The SMILES string of the molecule is NC(=O)c1cnc(C2CCOC2)nc1N. The molecule has 2 rings (SSSR count). The van der Waals surface area contributed by atoms with Crippen molar-refractivity contribution in [2.24, 2.45) is 5.73 Å². The molecule has 1 aliphatic heterocycles. The summed E-state index contributed by atoms with van der Waals surface area (Å²) in [6, 6.07) is 0. The van der Waals surface area contributed by atoms with E-state index < -0.39 is 5.91 Å². The first-order valence-electron chi connectivity index (χ1n) is 4.68. The lowest BCUT2D eigenvalue weighted by Gasteiger charge is -2.07. The van der Waals surface area contributed by atoms with Gasteiger partial charge in [0.2, 0.25) is 0 Å². The maximum absolute atomic E-state index is 10.9. The van der Waals surface area contributed by atoms with Crippen molar-refractivity contribution in [1.82, 2.24) is 9.97 Å². The van der Waals surface area contributed by atoms with Gasteiger partial charge in [-0.2, -0.15) is 0 Å². The molecule has 1 amide bonds. The van der Waals surface area contributed by atoms with Crippen molar-refractivity contribution in [3.63, 3.8) is 0 Å². The van der Waals surface area contributed by atoms with Crippen LogP contribution in [0.4, 0.5) is 5.82 Å². The zero-order chi connectivity index (χ0) is 10.8. The van der Waals surface area contributed by atoms with Gasteiger partial charge in [0.15, 0.2) is 0 Å². The number of hydrogen-bond donors (Lipinski definition) is 2. The van der Waals surface area contributed by atoms with Gasteiger partial charge in [-0.1, -0.05) is 0 Å². The summed E-state index contributed by atoms with van der Waals surface area (Å²) in [4.78, 5) is 19.0. The Kier molecular flexibility index (Phi) is 2.51. The van der Waals surface area contributed by atoms with Crippen LogP contribution in [0.2, 0.25) is 0 Å². The Labute approximate surface area is 86.6 Å². The first-order valence-corrected chi connectivity index (χ1v) is 4.68. The molecule has 1 aromatic rings. The summed E-state index contributed by atoms with van der Waals surface area (Å²) in [6.07, 6.45) is 2.26. The van der Waals surface area contributed by atoms with Crippen molar-refractivity contribution < 1.29 is 9.53 Å². The molecule has 2 heterocycles. The fourth-order valence-electron chi connectivity index (χ4n) is 1.53. The number of nitrogens with zero attached hydrogens (tertiary/aromatic N) is 2. The van der Waals surface area contributed by atoms with Gasteiger partial charge >= 0.3 is 0 Å². The smallest absolute Gasteiger partial charge is 0.254 e. The van der Waals surface area contributed by atoms with Crippen molar-refractivity contribution in [2.45, 2.75) is 12.3 Å². The molecule has 6 nitrogen and oxygen atoms in total. The Balaban J connectivity index is 2.28. The molecule has 6 heteroatoms. The van der Waals surface area contributed by atoms with Crippen LogP contribution in [0.3, 0.4) is 0 Å². The minimum absolute atomic E-state index is 0.138. The number of primary amides is 1. The van der Waals surface area contributed by atoms with E-state index in [1.54, 1.807) is 0 Å². The molecule has 4 N–H and O–H groups in total. The Hall–Kier alpha value is -1.69. The van der Waals surface area contributed by atoms with Gasteiger partial charge in [-0.15, -0.1) is 0 Å². The molecular weight excluding hydrogens is 196 g/mol. The molecule has 1 saturated heterocycles. The number of aromatic nitrogens is 2. The number of amides is 1. The van der Waals surface area contributed by atoms with Crippen molar-refractivity contribution in [3.8, 4) is 0 Å². The number of hydrogen-bond acceptors (Lipinski definition) is 5. The van der Waals surface area contributed by atoms with Crippen molar-refractivity contribution in [1.29, 1.82) is 0 Å². The van der Waals surface area contributed by atoms with Crippen LogP contribution in [-0.4, -0.2) is 29.1 Å². The lowest BCUT2D eigenvalue weighted by Crippen LogP contribution is -2.17. The maximum atomic E-state index is 10.9. The molecule has 80 valence electrons. The van der Waals surface area contributed by atoms with Crippen LogP contribution < -0.4 is 11.5 Å². The topological polar surface area (TPSA) is 104 Å². The number of nitrogens with two attached hydrogens (primary N) is 2. The third-order valence-corrected chi connectivity index (χ3v) is 2.40. The van der Waals surface area contributed by atoms with E-state index >= 15 is 0 Å². The number of ether oxygens (including phenoxy) is 1. The number of nitrogen functional groups attached to an aromatic ring is 1. The molecule has 1 fully saturated rings. The lowest BCUT2D eigenvalue weighted by molar-refractivity contribution is 0.100. The van der Waals surface area contributed by atoms with Crippen LogP contribution in [-0.2, 0) is 4.74 Å². The van der Waals surface area contributed by atoms with E-state index in [9.17, 15) is 4.79 Å². The third kappa shape index (κ3) is 1.89. The third-order valence-electron chi connectivity index (χ3n) is 2.40. The molecule has 1 aliphatic rings. The van der Waals surface area contributed by atoms with E-state index in [2.05, 4.69) is 9.97 Å². The van der Waals surface area contributed by atoms with Crippen LogP contribution in [0.25, 0.3) is 0 Å². The van der Waals surface area contributed by atoms with E-state index in [1.807, 2.05) is 0 Å². The van der Waals surface area contributed by atoms with E-state index in [1.165, 1.54) is 6.20 Å². The van der Waals surface area contributed by atoms with Gasteiger partial charge < -0.3 is 16.2 Å². The number of carbonyl (C=O) groups excluding carboxylic acids is 1. The van der Waals surface area contributed by atoms with Crippen molar-refractivity contribution in [2.75, 3.05) is 18.9 Å². The first kappa shape index (κ1) is 9.85.